The Labute approximate surface area is 195 Å². The molecule has 8 nitrogen and oxygen atoms in total. The first kappa shape index (κ1) is 21.1. The molecule has 0 aliphatic heterocycles. The van der Waals surface area contributed by atoms with Gasteiger partial charge in [0.15, 0.2) is 16.8 Å². The molecule has 3 aromatic heterocycles. The van der Waals surface area contributed by atoms with Crippen LogP contribution in [0.5, 0.6) is 0 Å². The standard InChI is InChI=1S/C24H23N7OS/c1-16-8-7-9-17(2)22(16)31-21(25-28-29-31)15-33-24-27-26-23(20-12-13-32-18(20)3)30(24)14-19-10-5-4-6-11-19/h4-13H,14-15H2,1-3H3. The molecule has 2 aromatic carbocycles. The van der Waals surface area contributed by atoms with Crippen molar-refractivity contribution in [1.29, 1.82) is 0 Å². The summed E-state index contributed by atoms with van der Waals surface area (Å²) in [5.74, 6) is 2.90. The van der Waals surface area contributed by atoms with Crippen molar-refractivity contribution in [2.75, 3.05) is 0 Å². The molecule has 0 spiro atoms. The SMILES string of the molecule is Cc1cccc(C)c1-n1nnnc1CSc1nnc(-c2ccoc2C)n1Cc1ccccc1. The maximum Gasteiger partial charge on any atom is 0.192 e. The molecule has 3 heterocycles. The van der Waals surface area contributed by atoms with Gasteiger partial charge in [0.2, 0.25) is 0 Å². The number of aromatic nitrogens is 7. The van der Waals surface area contributed by atoms with Crippen LogP contribution in [0, 0.1) is 20.8 Å². The summed E-state index contributed by atoms with van der Waals surface area (Å²) < 4.78 is 9.45. The first-order valence-electron chi connectivity index (χ1n) is 10.6. The van der Waals surface area contributed by atoms with Gasteiger partial charge in [0, 0.05) is 0 Å². The molecule has 0 saturated carbocycles. The zero-order valence-electron chi connectivity index (χ0n) is 18.6. The number of tetrazole rings is 1. The molecule has 5 aromatic rings. The van der Waals surface area contributed by atoms with Crippen LogP contribution in [0.4, 0.5) is 0 Å². The fraction of sp³-hybridized carbons (Fsp3) is 0.208. The van der Waals surface area contributed by atoms with E-state index in [4.69, 9.17) is 4.42 Å². The average Bonchev–Trinajstić information content (AvgIpc) is 3.54. The lowest BCUT2D eigenvalue weighted by Gasteiger charge is -2.12. The predicted molar refractivity (Wildman–Crippen MR) is 126 cm³/mol. The molecule has 0 amide bonds. The van der Waals surface area contributed by atoms with E-state index in [1.54, 1.807) is 18.0 Å². The van der Waals surface area contributed by atoms with E-state index < -0.39 is 0 Å². The molecule has 9 heteroatoms. The quantitative estimate of drug-likeness (QED) is 0.325. The number of para-hydroxylation sites is 1. The third-order valence-electron chi connectivity index (χ3n) is 5.52. The van der Waals surface area contributed by atoms with E-state index in [1.165, 1.54) is 5.56 Å². The Morgan fingerprint density at radius 1 is 0.879 bits per heavy atom. The highest BCUT2D eigenvalue weighted by Gasteiger charge is 2.20. The van der Waals surface area contributed by atoms with Gasteiger partial charge >= 0.3 is 0 Å². The zero-order valence-corrected chi connectivity index (χ0v) is 19.5. The van der Waals surface area contributed by atoms with Crippen LogP contribution in [-0.4, -0.2) is 35.0 Å². The molecule has 0 aliphatic carbocycles. The van der Waals surface area contributed by atoms with Crippen LogP contribution in [0.25, 0.3) is 17.1 Å². The normalized spacial score (nSPS) is 11.2. The number of furan rings is 1. The minimum atomic E-state index is 0.554. The number of aryl methyl sites for hydroxylation is 3. The number of rotatable bonds is 7. The molecule has 0 radical (unpaired) electrons. The molecule has 166 valence electrons. The highest BCUT2D eigenvalue weighted by molar-refractivity contribution is 7.98. The van der Waals surface area contributed by atoms with Gasteiger partial charge in [-0.05, 0) is 54.0 Å². The number of nitrogens with zero attached hydrogens (tertiary/aromatic N) is 7. The first-order chi connectivity index (χ1) is 16.1. The van der Waals surface area contributed by atoms with E-state index in [0.29, 0.717) is 12.3 Å². The van der Waals surface area contributed by atoms with Gasteiger partial charge in [-0.15, -0.1) is 15.3 Å². The van der Waals surface area contributed by atoms with Crippen LogP contribution in [0.3, 0.4) is 0 Å². The first-order valence-corrected chi connectivity index (χ1v) is 11.6. The van der Waals surface area contributed by atoms with Gasteiger partial charge in [-0.2, -0.15) is 4.68 Å². The van der Waals surface area contributed by atoms with Gasteiger partial charge < -0.3 is 4.42 Å². The Hall–Kier alpha value is -3.72. The van der Waals surface area contributed by atoms with Gasteiger partial charge in [-0.1, -0.05) is 60.3 Å². The van der Waals surface area contributed by atoms with E-state index in [9.17, 15) is 0 Å². The Kier molecular flexibility index (Phi) is 5.78. The molecular weight excluding hydrogens is 434 g/mol. The number of hydrogen-bond acceptors (Lipinski definition) is 7. The minimum absolute atomic E-state index is 0.554. The van der Waals surface area contributed by atoms with E-state index in [2.05, 4.69) is 68.4 Å². The maximum atomic E-state index is 5.52. The zero-order chi connectivity index (χ0) is 22.8. The van der Waals surface area contributed by atoms with Crippen LogP contribution in [0.15, 0.2) is 70.4 Å². The van der Waals surface area contributed by atoms with E-state index in [-0.39, 0.29) is 0 Å². The van der Waals surface area contributed by atoms with Crippen LogP contribution in [0.2, 0.25) is 0 Å². The molecule has 0 aliphatic rings. The minimum Gasteiger partial charge on any atom is -0.469 e. The number of thioether (sulfide) groups is 1. The second-order valence-corrected chi connectivity index (χ2v) is 8.75. The van der Waals surface area contributed by atoms with E-state index in [1.807, 2.05) is 41.9 Å². The summed E-state index contributed by atoms with van der Waals surface area (Å²) in [6.07, 6.45) is 1.68. The molecule has 5 rings (SSSR count). The topological polar surface area (TPSA) is 87.4 Å². The van der Waals surface area contributed by atoms with Crippen LogP contribution in [0.1, 0.15) is 28.3 Å². The second-order valence-electron chi connectivity index (χ2n) is 7.80. The fourth-order valence-corrected chi connectivity index (χ4v) is 4.70. The molecule has 0 N–H and O–H groups in total. The van der Waals surface area contributed by atoms with Gasteiger partial charge in [0.25, 0.3) is 0 Å². The molecular formula is C24H23N7OS. The fourth-order valence-electron chi connectivity index (χ4n) is 3.86. The summed E-state index contributed by atoms with van der Waals surface area (Å²) in [6.45, 7) is 6.72. The third kappa shape index (κ3) is 4.19. The smallest absolute Gasteiger partial charge is 0.192 e. The molecule has 33 heavy (non-hydrogen) atoms. The predicted octanol–water partition coefficient (Wildman–Crippen LogP) is 4.78. The monoisotopic (exact) mass is 457 g/mol. The lowest BCUT2D eigenvalue weighted by atomic mass is 10.1. The van der Waals surface area contributed by atoms with Gasteiger partial charge in [0.1, 0.15) is 5.76 Å². The van der Waals surface area contributed by atoms with Gasteiger partial charge in [-0.3, -0.25) is 4.57 Å². The summed E-state index contributed by atoms with van der Waals surface area (Å²) in [4.78, 5) is 0. The lowest BCUT2D eigenvalue weighted by Crippen LogP contribution is -2.07. The highest BCUT2D eigenvalue weighted by Crippen LogP contribution is 2.30. The molecule has 0 fully saturated rings. The van der Waals surface area contributed by atoms with Crippen molar-refractivity contribution in [2.24, 2.45) is 0 Å². The van der Waals surface area contributed by atoms with Crippen molar-refractivity contribution in [3.05, 3.63) is 89.1 Å². The summed E-state index contributed by atoms with van der Waals surface area (Å²) in [5, 5.41) is 22.3. The lowest BCUT2D eigenvalue weighted by molar-refractivity contribution is 0.534. The van der Waals surface area contributed by atoms with Crippen LogP contribution in [-0.2, 0) is 12.3 Å². The van der Waals surface area contributed by atoms with Crippen molar-refractivity contribution in [1.82, 2.24) is 35.0 Å². The molecule has 0 atom stereocenters. The average molecular weight is 458 g/mol. The van der Waals surface area contributed by atoms with Crippen molar-refractivity contribution in [2.45, 2.75) is 38.2 Å². The van der Waals surface area contributed by atoms with Crippen molar-refractivity contribution in [3.63, 3.8) is 0 Å². The largest absolute Gasteiger partial charge is 0.469 e. The Balaban J connectivity index is 1.47. The van der Waals surface area contributed by atoms with E-state index >= 15 is 0 Å². The summed E-state index contributed by atoms with van der Waals surface area (Å²) >= 11 is 1.56. The number of benzene rings is 2. The molecule has 0 saturated heterocycles. The van der Waals surface area contributed by atoms with Crippen LogP contribution < -0.4 is 0 Å². The Morgan fingerprint density at radius 3 is 2.39 bits per heavy atom. The Morgan fingerprint density at radius 2 is 1.67 bits per heavy atom. The summed E-state index contributed by atoms with van der Waals surface area (Å²) in [6, 6.07) is 18.4. The van der Waals surface area contributed by atoms with Crippen molar-refractivity contribution < 1.29 is 4.42 Å². The number of hydrogen-bond donors (Lipinski definition) is 0. The second kappa shape index (κ2) is 9.03. The molecule has 0 unspecified atom stereocenters. The highest BCUT2D eigenvalue weighted by atomic mass is 32.2. The summed E-state index contributed by atoms with van der Waals surface area (Å²) in [5.41, 5.74) is 5.36. The maximum absolute atomic E-state index is 5.52. The van der Waals surface area contributed by atoms with Crippen molar-refractivity contribution >= 4 is 11.8 Å². The van der Waals surface area contributed by atoms with Gasteiger partial charge in [0.05, 0.1) is 29.8 Å². The van der Waals surface area contributed by atoms with Crippen molar-refractivity contribution in [3.8, 4) is 17.1 Å². The van der Waals surface area contributed by atoms with Gasteiger partial charge in [-0.25, -0.2) is 0 Å². The van der Waals surface area contributed by atoms with Crippen LogP contribution >= 0.6 is 11.8 Å². The Bertz CT molecular complexity index is 1370. The summed E-state index contributed by atoms with van der Waals surface area (Å²) in [7, 11) is 0. The molecule has 0 bridgehead atoms. The van der Waals surface area contributed by atoms with E-state index in [0.717, 1.165) is 44.9 Å². The third-order valence-corrected chi connectivity index (χ3v) is 6.48.